The van der Waals surface area contributed by atoms with Gasteiger partial charge in [0.15, 0.2) is 0 Å². The third kappa shape index (κ3) is 7.24. The lowest BCUT2D eigenvalue weighted by Crippen LogP contribution is -2.06. The Labute approximate surface area is 130 Å². The highest BCUT2D eigenvalue weighted by atomic mass is 31.1. The first-order valence-electron chi connectivity index (χ1n) is 6.62. The van der Waals surface area contributed by atoms with E-state index < -0.39 is 20.2 Å². The summed E-state index contributed by atoms with van der Waals surface area (Å²) in [6.45, 7) is 4.36. The summed E-state index contributed by atoms with van der Waals surface area (Å²) < 4.78 is 24.1. The van der Waals surface area contributed by atoms with Crippen LogP contribution in [0.1, 0.15) is 47.4 Å². The molecular formula is C14H21O7P. The molecule has 1 atom stereocenters. The fourth-order valence-corrected chi connectivity index (χ4v) is 1.55. The number of hydrogen-bond donors (Lipinski definition) is 1. The van der Waals surface area contributed by atoms with E-state index in [4.69, 9.17) is 4.89 Å². The lowest BCUT2D eigenvalue weighted by Gasteiger charge is -2.07. The maximum absolute atomic E-state index is 11.4. The fourth-order valence-electron chi connectivity index (χ4n) is 1.23. The Morgan fingerprint density at radius 1 is 1.00 bits per heavy atom. The second-order valence-corrected chi connectivity index (χ2v) is 4.83. The van der Waals surface area contributed by atoms with Gasteiger partial charge in [-0.25, -0.2) is 14.2 Å². The zero-order valence-electron chi connectivity index (χ0n) is 13.0. The molecule has 0 fully saturated rings. The molecule has 0 bridgehead atoms. The summed E-state index contributed by atoms with van der Waals surface area (Å²) >= 11 is 0. The molecule has 124 valence electrons. The summed E-state index contributed by atoms with van der Waals surface area (Å²) in [7, 11) is -0.900. The first kappa shape index (κ1) is 20.1. The maximum Gasteiger partial charge on any atom is 0.365 e. The van der Waals surface area contributed by atoms with E-state index in [-0.39, 0.29) is 16.9 Å². The van der Waals surface area contributed by atoms with Gasteiger partial charge in [0.2, 0.25) is 0 Å². The normalized spacial score (nSPS) is 10.8. The number of benzene rings is 1. The molecule has 0 aliphatic heterocycles. The second kappa shape index (κ2) is 10.8. The number of ether oxygens (including phenoxy) is 2. The van der Waals surface area contributed by atoms with Crippen molar-refractivity contribution in [3.05, 3.63) is 29.3 Å². The average Bonchev–Trinajstić information content (AvgIpc) is 2.52. The molecule has 1 unspecified atom stereocenters. The van der Waals surface area contributed by atoms with Crippen molar-refractivity contribution in [2.24, 2.45) is 0 Å². The van der Waals surface area contributed by atoms with Gasteiger partial charge in [0.05, 0.1) is 25.3 Å². The van der Waals surface area contributed by atoms with Gasteiger partial charge in [-0.05, 0) is 18.2 Å². The number of carbonyl (C=O) groups is 2. The van der Waals surface area contributed by atoms with Crippen molar-refractivity contribution in [3.8, 4) is 5.75 Å². The van der Waals surface area contributed by atoms with Crippen LogP contribution in [0.25, 0.3) is 0 Å². The first-order chi connectivity index (χ1) is 10.4. The third-order valence-electron chi connectivity index (χ3n) is 2.45. The highest BCUT2D eigenvalue weighted by Gasteiger charge is 2.15. The fraction of sp³-hybridized carbons (Fsp3) is 0.429. The highest BCUT2D eigenvalue weighted by molar-refractivity contribution is 7.32. The van der Waals surface area contributed by atoms with Gasteiger partial charge in [-0.2, -0.15) is 0 Å². The number of rotatable bonds is 5. The van der Waals surface area contributed by atoms with Crippen LogP contribution < -0.4 is 4.52 Å². The predicted octanol–water partition coefficient (Wildman–Crippen LogP) is 2.83. The summed E-state index contributed by atoms with van der Waals surface area (Å²) in [5, 5.41) is 0. The molecule has 0 spiro atoms. The van der Waals surface area contributed by atoms with Gasteiger partial charge < -0.3 is 18.9 Å². The standard InChI is InChI=1S/C10H11O7P.C4H10/c1-15-9(11)6-3-7(10(12)16-2)5-8(4-6)17-18(13)14;1-3-4-2/h3-5,18H,1-2H3,(H,13,14);3-4H2,1-2H3. The summed E-state index contributed by atoms with van der Waals surface area (Å²) in [6.07, 6.45) is 2.64. The Morgan fingerprint density at radius 3 is 1.68 bits per heavy atom. The van der Waals surface area contributed by atoms with E-state index >= 15 is 0 Å². The van der Waals surface area contributed by atoms with Gasteiger partial charge in [0.1, 0.15) is 5.75 Å². The van der Waals surface area contributed by atoms with Crippen molar-refractivity contribution in [1.82, 2.24) is 0 Å². The van der Waals surface area contributed by atoms with Crippen LogP contribution in [0.15, 0.2) is 18.2 Å². The Bertz CT molecular complexity index is 492. The molecule has 0 aliphatic carbocycles. The van der Waals surface area contributed by atoms with E-state index in [1.54, 1.807) is 0 Å². The molecule has 8 heteroatoms. The van der Waals surface area contributed by atoms with Crippen LogP contribution in [0.4, 0.5) is 0 Å². The first-order valence-corrected chi connectivity index (χ1v) is 7.88. The van der Waals surface area contributed by atoms with Crippen LogP contribution in [-0.2, 0) is 14.0 Å². The minimum atomic E-state index is -3.24. The molecular weight excluding hydrogens is 311 g/mol. The Balaban J connectivity index is 0.000000980. The predicted molar refractivity (Wildman–Crippen MR) is 81.6 cm³/mol. The topological polar surface area (TPSA) is 99.1 Å². The van der Waals surface area contributed by atoms with Crippen LogP contribution in [0, 0.1) is 0 Å². The summed E-state index contributed by atoms with van der Waals surface area (Å²) in [4.78, 5) is 31.4. The maximum atomic E-state index is 11.4. The molecule has 0 heterocycles. The molecule has 0 amide bonds. The number of methoxy groups -OCH3 is 2. The van der Waals surface area contributed by atoms with E-state index in [9.17, 15) is 14.2 Å². The van der Waals surface area contributed by atoms with Crippen molar-refractivity contribution in [2.75, 3.05) is 14.2 Å². The third-order valence-corrected chi connectivity index (χ3v) is 2.86. The second-order valence-electron chi connectivity index (χ2n) is 4.10. The molecule has 1 aromatic rings. The number of carbonyl (C=O) groups excluding carboxylic acids is 2. The minimum Gasteiger partial charge on any atom is -0.465 e. The minimum absolute atomic E-state index is 0.0126. The molecule has 0 radical (unpaired) electrons. The van der Waals surface area contributed by atoms with Crippen molar-refractivity contribution < 1.29 is 33.0 Å². The Morgan fingerprint density at radius 2 is 1.41 bits per heavy atom. The highest BCUT2D eigenvalue weighted by Crippen LogP contribution is 2.26. The summed E-state index contributed by atoms with van der Waals surface area (Å²) in [6, 6.07) is 3.62. The molecule has 0 saturated carbocycles. The van der Waals surface area contributed by atoms with Crippen LogP contribution >= 0.6 is 8.25 Å². The summed E-state index contributed by atoms with van der Waals surface area (Å²) in [5.74, 6) is -1.50. The number of esters is 2. The molecule has 1 N–H and O–H groups in total. The van der Waals surface area contributed by atoms with Gasteiger partial charge in [0, 0.05) is 0 Å². The quantitative estimate of drug-likeness (QED) is 0.654. The van der Waals surface area contributed by atoms with Crippen LogP contribution in [0.5, 0.6) is 5.75 Å². The SMILES string of the molecule is CCCC.COC(=O)c1cc(O[PH](=O)O)cc(C(=O)OC)c1. The molecule has 7 nitrogen and oxygen atoms in total. The molecule has 22 heavy (non-hydrogen) atoms. The Hall–Kier alpha value is -1.85. The average molecular weight is 332 g/mol. The van der Waals surface area contributed by atoms with Crippen LogP contribution in [0.3, 0.4) is 0 Å². The monoisotopic (exact) mass is 332 g/mol. The van der Waals surface area contributed by atoms with Gasteiger partial charge >= 0.3 is 20.2 Å². The smallest absolute Gasteiger partial charge is 0.365 e. The summed E-state index contributed by atoms with van der Waals surface area (Å²) in [5.41, 5.74) is 0.0253. The number of unbranched alkanes of at least 4 members (excludes halogenated alkanes) is 1. The van der Waals surface area contributed by atoms with Gasteiger partial charge in [0.25, 0.3) is 0 Å². The van der Waals surface area contributed by atoms with E-state index in [0.29, 0.717) is 0 Å². The van der Waals surface area contributed by atoms with Crippen molar-refractivity contribution in [1.29, 1.82) is 0 Å². The molecule has 0 saturated heterocycles. The van der Waals surface area contributed by atoms with Crippen molar-refractivity contribution in [2.45, 2.75) is 26.7 Å². The van der Waals surface area contributed by atoms with Crippen molar-refractivity contribution >= 4 is 20.2 Å². The lowest BCUT2D eigenvalue weighted by atomic mass is 10.1. The molecule has 1 aromatic carbocycles. The van der Waals surface area contributed by atoms with Gasteiger partial charge in [-0.1, -0.05) is 26.7 Å². The Kier molecular flexibility index (Phi) is 9.91. The lowest BCUT2D eigenvalue weighted by molar-refractivity contribution is 0.0598. The van der Waals surface area contributed by atoms with Gasteiger partial charge in [-0.15, -0.1) is 0 Å². The zero-order chi connectivity index (χ0) is 17.1. The van der Waals surface area contributed by atoms with E-state index in [1.807, 2.05) is 0 Å². The zero-order valence-corrected chi connectivity index (χ0v) is 14.0. The van der Waals surface area contributed by atoms with E-state index in [0.717, 1.165) is 0 Å². The largest absolute Gasteiger partial charge is 0.465 e. The van der Waals surface area contributed by atoms with Gasteiger partial charge in [-0.3, -0.25) is 0 Å². The van der Waals surface area contributed by atoms with Crippen molar-refractivity contribution in [3.63, 3.8) is 0 Å². The van der Waals surface area contributed by atoms with Crippen LogP contribution in [-0.4, -0.2) is 31.1 Å². The van der Waals surface area contributed by atoms with E-state index in [2.05, 4.69) is 27.8 Å². The molecule has 0 aromatic heterocycles. The van der Waals surface area contributed by atoms with E-state index in [1.165, 1.54) is 45.3 Å². The van der Waals surface area contributed by atoms with Crippen LogP contribution in [0.2, 0.25) is 0 Å². The molecule has 1 rings (SSSR count). The molecule has 0 aliphatic rings. The number of hydrogen-bond acceptors (Lipinski definition) is 6.